The molecule has 1 aromatic rings. The van der Waals surface area contributed by atoms with Gasteiger partial charge in [-0.25, -0.2) is 0 Å². The lowest BCUT2D eigenvalue weighted by Crippen LogP contribution is -2.23. The number of hydrogen-bond acceptors (Lipinski definition) is 1. The fourth-order valence-corrected chi connectivity index (χ4v) is 2.86. The third-order valence-corrected chi connectivity index (χ3v) is 4.36. The van der Waals surface area contributed by atoms with Crippen LogP contribution in [0.15, 0.2) is 28.7 Å². The minimum Gasteiger partial charge on any atom is -0.310 e. The molecular formula is C17H28BrN. The lowest BCUT2D eigenvalue weighted by molar-refractivity contribution is 0.357. The highest BCUT2D eigenvalue weighted by molar-refractivity contribution is 9.10. The van der Waals surface area contributed by atoms with Gasteiger partial charge in [0, 0.05) is 10.5 Å². The van der Waals surface area contributed by atoms with Crippen molar-refractivity contribution in [2.75, 3.05) is 6.54 Å². The van der Waals surface area contributed by atoms with E-state index < -0.39 is 0 Å². The van der Waals surface area contributed by atoms with Crippen LogP contribution in [0.25, 0.3) is 0 Å². The molecule has 1 N–H and O–H groups in total. The first kappa shape index (κ1) is 16.7. The average molecular weight is 326 g/mol. The summed E-state index contributed by atoms with van der Waals surface area (Å²) in [4.78, 5) is 0. The average Bonchev–Trinajstić information content (AvgIpc) is 2.43. The first-order chi connectivity index (χ1) is 9.21. The van der Waals surface area contributed by atoms with Gasteiger partial charge in [-0.05, 0) is 36.6 Å². The van der Waals surface area contributed by atoms with Crippen LogP contribution in [-0.4, -0.2) is 6.54 Å². The van der Waals surface area contributed by atoms with Crippen molar-refractivity contribution in [3.8, 4) is 0 Å². The molecule has 0 amide bonds. The molecule has 0 aliphatic rings. The Bertz CT molecular complexity index is 334. The molecule has 0 aromatic heterocycles. The van der Waals surface area contributed by atoms with Gasteiger partial charge in [0.15, 0.2) is 0 Å². The Morgan fingerprint density at radius 3 is 2.32 bits per heavy atom. The van der Waals surface area contributed by atoms with Crippen LogP contribution in [0.3, 0.4) is 0 Å². The van der Waals surface area contributed by atoms with Crippen LogP contribution >= 0.6 is 15.9 Å². The van der Waals surface area contributed by atoms with Crippen molar-refractivity contribution in [1.82, 2.24) is 5.32 Å². The number of halogens is 1. The number of unbranched alkanes of at least 4 members (excludes halogenated alkanes) is 1. The minimum atomic E-state index is 0.500. The summed E-state index contributed by atoms with van der Waals surface area (Å²) >= 11 is 3.51. The highest BCUT2D eigenvalue weighted by Crippen LogP contribution is 2.27. The predicted molar refractivity (Wildman–Crippen MR) is 88.5 cm³/mol. The number of nitrogens with one attached hydrogen (secondary N) is 1. The summed E-state index contributed by atoms with van der Waals surface area (Å²) in [5, 5.41) is 3.64. The summed E-state index contributed by atoms with van der Waals surface area (Å²) in [6.07, 6.45) is 6.58. The normalized spacial score (nSPS) is 14.3. The molecule has 108 valence electrons. The Balaban J connectivity index is 2.67. The molecule has 19 heavy (non-hydrogen) atoms. The molecule has 0 fully saturated rings. The third-order valence-electron chi connectivity index (χ3n) is 3.84. The van der Waals surface area contributed by atoms with Crippen molar-refractivity contribution in [3.63, 3.8) is 0 Å². The molecule has 0 aliphatic carbocycles. The van der Waals surface area contributed by atoms with Gasteiger partial charge >= 0.3 is 0 Å². The van der Waals surface area contributed by atoms with Gasteiger partial charge in [-0.15, -0.1) is 0 Å². The van der Waals surface area contributed by atoms with Crippen molar-refractivity contribution >= 4 is 15.9 Å². The zero-order valence-electron chi connectivity index (χ0n) is 12.6. The summed E-state index contributed by atoms with van der Waals surface area (Å²) in [5.74, 6) is 0.840. The van der Waals surface area contributed by atoms with E-state index in [-0.39, 0.29) is 0 Å². The Morgan fingerprint density at radius 1 is 1.11 bits per heavy atom. The van der Waals surface area contributed by atoms with E-state index in [1.807, 2.05) is 0 Å². The summed E-state index contributed by atoms with van der Waals surface area (Å²) < 4.78 is 1.16. The van der Waals surface area contributed by atoms with Gasteiger partial charge in [0.2, 0.25) is 0 Å². The SMILES string of the molecule is CCCCC(CC)CC(NCC)c1ccc(Br)cc1. The van der Waals surface area contributed by atoms with Gasteiger partial charge in [-0.2, -0.15) is 0 Å². The Morgan fingerprint density at radius 2 is 1.79 bits per heavy atom. The Kier molecular flexibility index (Phi) is 8.40. The van der Waals surface area contributed by atoms with Crippen LogP contribution in [0.2, 0.25) is 0 Å². The van der Waals surface area contributed by atoms with E-state index in [0.29, 0.717) is 6.04 Å². The zero-order valence-corrected chi connectivity index (χ0v) is 14.2. The number of benzene rings is 1. The summed E-state index contributed by atoms with van der Waals surface area (Å²) in [6.45, 7) is 7.83. The molecule has 0 aliphatic heterocycles. The van der Waals surface area contributed by atoms with E-state index in [4.69, 9.17) is 0 Å². The van der Waals surface area contributed by atoms with E-state index in [2.05, 4.69) is 66.3 Å². The molecular weight excluding hydrogens is 298 g/mol. The van der Waals surface area contributed by atoms with E-state index >= 15 is 0 Å². The maximum atomic E-state index is 3.64. The van der Waals surface area contributed by atoms with E-state index in [0.717, 1.165) is 16.9 Å². The minimum absolute atomic E-state index is 0.500. The quantitative estimate of drug-likeness (QED) is 0.613. The molecule has 2 unspecified atom stereocenters. The second-order valence-electron chi connectivity index (χ2n) is 5.31. The summed E-state index contributed by atoms with van der Waals surface area (Å²) in [6, 6.07) is 9.27. The van der Waals surface area contributed by atoms with E-state index in [1.54, 1.807) is 0 Å². The number of hydrogen-bond donors (Lipinski definition) is 1. The maximum Gasteiger partial charge on any atom is 0.0322 e. The molecule has 0 bridgehead atoms. The molecule has 0 radical (unpaired) electrons. The third kappa shape index (κ3) is 6.09. The van der Waals surface area contributed by atoms with E-state index in [9.17, 15) is 0 Å². The van der Waals surface area contributed by atoms with Crippen molar-refractivity contribution in [2.45, 2.75) is 58.9 Å². The fraction of sp³-hybridized carbons (Fsp3) is 0.647. The lowest BCUT2D eigenvalue weighted by atomic mass is 9.89. The van der Waals surface area contributed by atoms with Gasteiger partial charge in [-0.3, -0.25) is 0 Å². The highest BCUT2D eigenvalue weighted by Gasteiger charge is 2.16. The van der Waals surface area contributed by atoms with Gasteiger partial charge < -0.3 is 5.32 Å². The molecule has 0 spiro atoms. The monoisotopic (exact) mass is 325 g/mol. The molecule has 1 rings (SSSR count). The standard InChI is InChI=1S/C17H28BrN/c1-4-7-8-14(5-2)13-17(19-6-3)15-9-11-16(18)12-10-15/h9-12,14,17,19H,4-8,13H2,1-3H3. The highest BCUT2D eigenvalue weighted by atomic mass is 79.9. The first-order valence-electron chi connectivity index (χ1n) is 7.70. The van der Waals surface area contributed by atoms with Gasteiger partial charge in [0.1, 0.15) is 0 Å². The molecule has 1 aromatic carbocycles. The second kappa shape index (κ2) is 9.55. The molecule has 2 atom stereocenters. The number of rotatable bonds is 9. The van der Waals surface area contributed by atoms with Gasteiger partial charge in [0.25, 0.3) is 0 Å². The van der Waals surface area contributed by atoms with Gasteiger partial charge in [-0.1, -0.05) is 74.5 Å². The van der Waals surface area contributed by atoms with Crippen molar-refractivity contribution < 1.29 is 0 Å². The maximum absolute atomic E-state index is 3.64. The summed E-state index contributed by atoms with van der Waals surface area (Å²) in [5.41, 5.74) is 1.42. The van der Waals surface area contributed by atoms with Crippen LogP contribution in [0.1, 0.15) is 64.5 Å². The molecule has 2 heteroatoms. The fourth-order valence-electron chi connectivity index (χ4n) is 2.59. The van der Waals surface area contributed by atoms with Crippen molar-refractivity contribution in [3.05, 3.63) is 34.3 Å². The Labute approximate surface area is 127 Å². The van der Waals surface area contributed by atoms with Crippen LogP contribution in [0.5, 0.6) is 0 Å². The van der Waals surface area contributed by atoms with Crippen LogP contribution in [0.4, 0.5) is 0 Å². The molecule has 0 heterocycles. The lowest BCUT2D eigenvalue weighted by Gasteiger charge is -2.24. The topological polar surface area (TPSA) is 12.0 Å². The van der Waals surface area contributed by atoms with Crippen molar-refractivity contribution in [2.24, 2.45) is 5.92 Å². The van der Waals surface area contributed by atoms with E-state index in [1.165, 1.54) is 37.7 Å². The largest absolute Gasteiger partial charge is 0.310 e. The zero-order chi connectivity index (χ0) is 14.1. The van der Waals surface area contributed by atoms with Crippen molar-refractivity contribution in [1.29, 1.82) is 0 Å². The Hall–Kier alpha value is -0.340. The summed E-state index contributed by atoms with van der Waals surface area (Å²) in [7, 11) is 0. The van der Waals surface area contributed by atoms with Crippen LogP contribution < -0.4 is 5.32 Å². The van der Waals surface area contributed by atoms with Crippen LogP contribution in [-0.2, 0) is 0 Å². The second-order valence-corrected chi connectivity index (χ2v) is 6.23. The van der Waals surface area contributed by atoms with Gasteiger partial charge in [0.05, 0.1) is 0 Å². The molecule has 0 saturated heterocycles. The molecule has 1 nitrogen and oxygen atoms in total. The smallest absolute Gasteiger partial charge is 0.0322 e. The predicted octanol–water partition coefficient (Wildman–Crippen LogP) is 5.71. The first-order valence-corrected chi connectivity index (χ1v) is 8.49. The molecule has 0 saturated carbocycles. The van der Waals surface area contributed by atoms with Crippen LogP contribution in [0, 0.1) is 5.92 Å².